The Morgan fingerprint density at radius 1 is 0.973 bits per heavy atom. The zero-order chi connectivity index (χ0) is 25.5. The molecule has 4 atom stereocenters. The minimum atomic E-state index is -1.43. The first-order valence-electron chi connectivity index (χ1n) is 12.7. The largest absolute Gasteiger partial charge is 0.497 e. The molecular formula is C30H27N3O4. The van der Waals surface area contributed by atoms with Gasteiger partial charge in [-0.05, 0) is 55.6 Å². The van der Waals surface area contributed by atoms with Crippen LogP contribution in [-0.4, -0.2) is 42.2 Å². The van der Waals surface area contributed by atoms with Crippen LogP contribution in [0.5, 0.6) is 5.75 Å². The maximum absolute atomic E-state index is 14.6. The second kappa shape index (κ2) is 7.52. The molecule has 7 rings (SSSR count). The molecule has 2 amide bonds. The molecule has 186 valence electrons. The van der Waals surface area contributed by atoms with Gasteiger partial charge in [0.15, 0.2) is 5.78 Å². The molecule has 0 saturated carbocycles. The van der Waals surface area contributed by atoms with E-state index >= 15 is 0 Å². The van der Waals surface area contributed by atoms with Gasteiger partial charge in [-0.1, -0.05) is 48.5 Å². The number of Topliss-reactive ketones (excluding diaryl/α,β-unsaturated/α-hetero) is 1. The molecule has 0 radical (unpaired) electrons. The lowest BCUT2D eigenvalue weighted by Crippen LogP contribution is -2.62. The first-order chi connectivity index (χ1) is 18.0. The van der Waals surface area contributed by atoms with Crippen LogP contribution in [0.3, 0.4) is 0 Å². The summed E-state index contributed by atoms with van der Waals surface area (Å²) in [6.45, 7) is 2.59. The Hall–Kier alpha value is -3.97. The summed E-state index contributed by atoms with van der Waals surface area (Å²) in [7, 11) is 1.57. The van der Waals surface area contributed by atoms with Gasteiger partial charge in [0.05, 0.1) is 13.0 Å². The molecule has 3 aromatic rings. The van der Waals surface area contributed by atoms with Crippen LogP contribution in [-0.2, 0) is 20.5 Å². The molecule has 0 aliphatic carbocycles. The summed E-state index contributed by atoms with van der Waals surface area (Å²) in [4.78, 5) is 45.6. The molecule has 2 spiro atoms. The Morgan fingerprint density at radius 2 is 1.76 bits per heavy atom. The number of ether oxygens (including phenoxy) is 1. The number of nitrogens with zero attached hydrogens (tertiary/aromatic N) is 1. The number of amides is 2. The molecule has 2 N–H and O–H groups in total. The minimum absolute atomic E-state index is 0.145. The average molecular weight is 494 g/mol. The van der Waals surface area contributed by atoms with E-state index in [0.29, 0.717) is 29.1 Å². The SMILES string of the molecule is COc1cccc(C(=O)[C@@H]2[C@@H]3CCCN3[C@@]3(C(=O)Nc4c(C)cccc43)[C@]23C(=O)Nc2ccccc23)c1. The maximum Gasteiger partial charge on any atom is 0.251 e. The summed E-state index contributed by atoms with van der Waals surface area (Å²) in [5.41, 5.74) is 1.52. The van der Waals surface area contributed by atoms with E-state index in [1.54, 1.807) is 31.4 Å². The normalized spacial score (nSPS) is 29.2. The summed E-state index contributed by atoms with van der Waals surface area (Å²) < 4.78 is 5.41. The summed E-state index contributed by atoms with van der Waals surface area (Å²) in [5, 5.41) is 6.21. The highest BCUT2D eigenvalue weighted by Gasteiger charge is 2.81. The van der Waals surface area contributed by atoms with Crippen molar-refractivity contribution in [3.8, 4) is 5.75 Å². The zero-order valence-corrected chi connectivity index (χ0v) is 20.7. The monoisotopic (exact) mass is 493 g/mol. The number of ketones is 1. The summed E-state index contributed by atoms with van der Waals surface area (Å²) in [6, 6.07) is 20.2. The van der Waals surface area contributed by atoms with Crippen molar-refractivity contribution in [3.05, 3.63) is 89.0 Å². The van der Waals surface area contributed by atoms with E-state index in [0.717, 1.165) is 29.7 Å². The lowest BCUT2D eigenvalue weighted by Gasteiger charge is -2.43. The lowest BCUT2D eigenvalue weighted by atomic mass is 9.57. The standard InChI is InChI=1S/C30H27N3O4/c1-17-8-5-12-21-25(17)32-28(36)30(21)29(20-11-3-4-13-22(20)31-27(29)35)24(23-14-7-15-33(23)30)26(34)18-9-6-10-19(16-18)37-2/h3-6,8-13,16,23-24H,7,14-15H2,1-2H3,(H,31,35)(H,32,36)/t23-,24-,29-,30-/m0/s1. The van der Waals surface area contributed by atoms with Gasteiger partial charge in [-0.2, -0.15) is 0 Å². The number of para-hydroxylation sites is 2. The van der Waals surface area contributed by atoms with Crippen molar-refractivity contribution in [2.75, 3.05) is 24.3 Å². The number of nitrogens with one attached hydrogen (secondary N) is 2. The van der Waals surface area contributed by atoms with E-state index in [1.807, 2.05) is 49.4 Å². The van der Waals surface area contributed by atoms with Crippen LogP contribution in [0.4, 0.5) is 11.4 Å². The third-order valence-electron chi connectivity index (χ3n) is 8.98. The number of hydrogen-bond donors (Lipinski definition) is 2. The first kappa shape index (κ1) is 22.2. The number of rotatable bonds is 3. The second-order valence-electron chi connectivity index (χ2n) is 10.4. The second-order valence-corrected chi connectivity index (χ2v) is 10.4. The van der Waals surface area contributed by atoms with E-state index in [9.17, 15) is 14.4 Å². The predicted octanol–water partition coefficient (Wildman–Crippen LogP) is 4.02. The Morgan fingerprint density at radius 3 is 2.59 bits per heavy atom. The number of anilines is 2. The van der Waals surface area contributed by atoms with E-state index in [1.165, 1.54) is 0 Å². The number of hydrogen-bond acceptors (Lipinski definition) is 5. The van der Waals surface area contributed by atoms with Crippen LogP contribution in [0, 0.1) is 12.8 Å². The number of methoxy groups -OCH3 is 1. The molecule has 0 unspecified atom stereocenters. The van der Waals surface area contributed by atoms with Gasteiger partial charge >= 0.3 is 0 Å². The molecular weight excluding hydrogens is 466 g/mol. The highest BCUT2D eigenvalue weighted by molar-refractivity contribution is 6.21. The fourth-order valence-corrected chi connectivity index (χ4v) is 7.71. The number of aryl methyl sites for hydroxylation is 1. The van der Waals surface area contributed by atoms with Crippen LogP contribution in [0.1, 0.15) is 39.9 Å². The molecule has 4 aliphatic rings. The molecule has 4 aliphatic heterocycles. The number of carbonyl (C=O) groups is 3. The third-order valence-corrected chi connectivity index (χ3v) is 8.98. The molecule has 7 nitrogen and oxygen atoms in total. The van der Waals surface area contributed by atoms with Gasteiger partial charge in [-0.3, -0.25) is 19.3 Å². The Kier molecular flexibility index (Phi) is 4.52. The quantitative estimate of drug-likeness (QED) is 0.538. The van der Waals surface area contributed by atoms with Crippen molar-refractivity contribution in [1.82, 2.24) is 4.90 Å². The summed E-state index contributed by atoms with van der Waals surface area (Å²) >= 11 is 0. The highest BCUT2D eigenvalue weighted by atomic mass is 16.5. The zero-order valence-electron chi connectivity index (χ0n) is 20.7. The van der Waals surface area contributed by atoms with Gasteiger partial charge < -0.3 is 15.4 Å². The van der Waals surface area contributed by atoms with Crippen LogP contribution >= 0.6 is 0 Å². The lowest BCUT2D eigenvalue weighted by molar-refractivity contribution is -0.137. The first-order valence-corrected chi connectivity index (χ1v) is 12.7. The van der Waals surface area contributed by atoms with Crippen molar-refractivity contribution in [2.24, 2.45) is 5.92 Å². The average Bonchev–Trinajstić information content (AvgIpc) is 3.63. The van der Waals surface area contributed by atoms with Crippen LogP contribution in [0.15, 0.2) is 66.7 Å². The molecule has 7 heteroatoms. The van der Waals surface area contributed by atoms with Gasteiger partial charge in [-0.15, -0.1) is 0 Å². The molecule has 0 bridgehead atoms. The van der Waals surface area contributed by atoms with Gasteiger partial charge in [0.25, 0.3) is 5.91 Å². The van der Waals surface area contributed by atoms with Gasteiger partial charge in [-0.25, -0.2) is 0 Å². The van der Waals surface area contributed by atoms with Gasteiger partial charge in [0.2, 0.25) is 5.91 Å². The molecule has 2 saturated heterocycles. The predicted molar refractivity (Wildman–Crippen MR) is 139 cm³/mol. The molecule has 37 heavy (non-hydrogen) atoms. The maximum atomic E-state index is 14.6. The van der Waals surface area contributed by atoms with Crippen molar-refractivity contribution in [3.63, 3.8) is 0 Å². The summed E-state index contributed by atoms with van der Waals surface area (Å²) in [5.74, 6) is -0.867. The Balaban J connectivity index is 1.58. The highest BCUT2D eigenvalue weighted by Crippen LogP contribution is 2.68. The Bertz CT molecular complexity index is 1520. The van der Waals surface area contributed by atoms with Crippen molar-refractivity contribution in [1.29, 1.82) is 0 Å². The van der Waals surface area contributed by atoms with Gasteiger partial charge in [0, 0.05) is 28.5 Å². The topological polar surface area (TPSA) is 87.7 Å². The third kappa shape index (κ3) is 2.48. The van der Waals surface area contributed by atoms with Crippen LogP contribution < -0.4 is 15.4 Å². The molecule has 3 aromatic carbocycles. The van der Waals surface area contributed by atoms with E-state index in [4.69, 9.17) is 4.74 Å². The molecule has 2 fully saturated rings. The van der Waals surface area contributed by atoms with Crippen molar-refractivity contribution in [2.45, 2.75) is 36.8 Å². The van der Waals surface area contributed by atoms with Crippen LogP contribution in [0.2, 0.25) is 0 Å². The van der Waals surface area contributed by atoms with Crippen molar-refractivity contribution < 1.29 is 19.1 Å². The summed E-state index contributed by atoms with van der Waals surface area (Å²) in [6.07, 6.45) is 1.58. The number of fused-ring (bicyclic) bond motifs is 7. The van der Waals surface area contributed by atoms with Crippen molar-refractivity contribution >= 4 is 29.0 Å². The van der Waals surface area contributed by atoms with Crippen LogP contribution in [0.25, 0.3) is 0 Å². The fraction of sp³-hybridized carbons (Fsp3) is 0.300. The Labute approximate surface area is 214 Å². The molecule has 4 heterocycles. The van der Waals surface area contributed by atoms with E-state index < -0.39 is 16.9 Å². The van der Waals surface area contributed by atoms with E-state index in [2.05, 4.69) is 15.5 Å². The minimum Gasteiger partial charge on any atom is -0.497 e. The number of benzene rings is 3. The number of carbonyl (C=O) groups excluding carboxylic acids is 3. The van der Waals surface area contributed by atoms with Gasteiger partial charge in [0.1, 0.15) is 16.7 Å². The smallest absolute Gasteiger partial charge is 0.251 e. The molecule has 0 aromatic heterocycles. The van der Waals surface area contributed by atoms with E-state index in [-0.39, 0.29) is 23.6 Å². The fourth-order valence-electron chi connectivity index (χ4n) is 7.71.